The van der Waals surface area contributed by atoms with Gasteiger partial charge in [0, 0.05) is 24.5 Å². The molecule has 3 rings (SSSR count). The number of benzene rings is 1. The number of amides is 1. The Labute approximate surface area is 110 Å². The summed E-state index contributed by atoms with van der Waals surface area (Å²) in [4.78, 5) is 14.2. The Hall–Kier alpha value is -2.37. The van der Waals surface area contributed by atoms with Gasteiger partial charge in [0.1, 0.15) is 0 Å². The summed E-state index contributed by atoms with van der Waals surface area (Å²) in [7, 11) is 0. The summed E-state index contributed by atoms with van der Waals surface area (Å²) in [6.45, 7) is 2.17. The minimum absolute atomic E-state index is 0.257. The summed E-state index contributed by atoms with van der Waals surface area (Å²) < 4.78 is 0. The van der Waals surface area contributed by atoms with Gasteiger partial charge in [-0.2, -0.15) is 15.4 Å². The van der Waals surface area contributed by atoms with Crippen molar-refractivity contribution in [1.29, 1.82) is 0 Å². The number of hydrogen-bond donors (Lipinski definition) is 2. The predicted octanol–water partition coefficient (Wildman–Crippen LogP) is 1.66. The molecule has 0 bridgehead atoms. The molecule has 2 heterocycles. The molecule has 6 nitrogen and oxygen atoms in total. The Balaban J connectivity index is 1.74. The fourth-order valence-electron chi connectivity index (χ4n) is 2.26. The summed E-state index contributed by atoms with van der Waals surface area (Å²) in [5.74, 6) is -0.257. The molecule has 1 amide bonds. The van der Waals surface area contributed by atoms with Crippen molar-refractivity contribution in [1.82, 2.24) is 15.4 Å². The van der Waals surface area contributed by atoms with Gasteiger partial charge in [0.15, 0.2) is 5.69 Å². The topological polar surface area (TPSA) is 73.9 Å². The molecule has 98 valence electrons. The molecule has 6 heteroatoms. The number of aromatic amines is 1. The van der Waals surface area contributed by atoms with Crippen LogP contribution in [0, 0.1) is 0 Å². The molecule has 1 aromatic heterocycles. The van der Waals surface area contributed by atoms with E-state index < -0.39 is 0 Å². The first-order valence-electron chi connectivity index (χ1n) is 6.35. The maximum absolute atomic E-state index is 11.9. The van der Waals surface area contributed by atoms with E-state index in [1.807, 2.05) is 18.2 Å². The first-order chi connectivity index (χ1) is 9.33. The number of hydrogen-bond acceptors (Lipinski definition) is 4. The van der Waals surface area contributed by atoms with Gasteiger partial charge >= 0.3 is 0 Å². The number of nitrogens with zero attached hydrogens (tertiary/aromatic N) is 3. The highest BCUT2D eigenvalue weighted by Gasteiger charge is 2.13. The molecule has 0 atom stereocenters. The van der Waals surface area contributed by atoms with Gasteiger partial charge in [0.05, 0.1) is 6.20 Å². The highest BCUT2D eigenvalue weighted by Crippen LogP contribution is 2.23. The highest BCUT2D eigenvalue weighted by atomic mass is 16.2. The molecule has 0 aliphatic carbocycles. The molecule has 0 unspecified atom stereocenters. The number of rotatable bonds is 3. The van der Waals surface area contributed by atoms with Crippen LogP contribution in [0.25, 0.3) is 0 Å². The molecule has 2 aromatic rings. The summed E-state index contributed by atoms with van der Waals surface area (Å²) in [5.41, 5.74) is 2.21. The van der Waals surface area contributed by atoms with E-state index in [0.717, 1.165) is 24.5 Å². The fraction of sp³-hybridized carbons (Fsp3) is 0.308. The van der Waals surface area contributed by atoms with Gasteiger partial charge in [-0.1, -0.05) is 6.07 Å². The first-order valence-corrected chi connectivity index (χ1v) is 6.35. The third-order valence-electron chi connectivity index (χ3n) is 3.22. The molecule has 1 saturated heterocycles. The molecule has 0 spiro atoms. The minimum atomic E-state index is -0.257. The number of carbonyl (C=O) groups excluding carboxylic acids is 1. The number of H-pyrrole nitrogens is 1. The lowest BCUT2D eigenvalue weighted by molar-refractivity contribution is 0.102. The smallest absolute Gasteiger partial charge is 0.277 e. The molecule has 1 aliphatic rings. The molecule has 0 saturated carbocycles. The van der Waals surface area contributed by atoms with E-state index in [1.165, 1.54) is 19.0 Å². The average Bonchev–Trinajstić information content (AvgIpc) is 3.13. The second kappa shape index (κ2) is 5.09. The zero-order valence-corrected chi connectivity index (χ0v) is 10.5. The van der Waals surface area contributed by atoms with E-state index >= 15 is 0 Å². The van der Waals surface area contributed by atoms with E-state index in [2.05, 4.69) is 31.7 Å². The number of anilines is 2. The maximum Gasteiger partial charge on any atom is 0.277 e. The van der Waals surface area contributed by atoms with Crippen molar-refractivity contribution in [2.75, 3.05) is 23.3 Å². The van der Waals surface area contributed by atoms with Crippen molar-refractivity contribution in [3.63, 3.8) is 0 Å². The van der Waals surface area contributed by atoms with Crippen LogP contribution in [-0.4, -0.2) is 34.4 Å². The quantitative estimate of drug-likeness (QED) is 0.877. The minimum Gasteiger partial charge on any atom is -0.371 e. The van der Waals surface area contributed by atoms with Crippen molar-refractivity contribution in [3.05, 3.63) is 36.2 Å². The molecule has 1 aromatic carbocycles. The second-order valence-corrected chi connectivity index (χ2v) is 4.55. The van der Waals surface area contributed by atoms with Gasteiger partial charge < -0.3 is 10.2 Å². The Kier molecular flexibility index (Phi) is 3.14. The molecule has 0 radical (unpaired) electrons. The van der Waals surface area contributed by atoms with Crippen LogP contribution in [0.2, 0.25) is 0 Å². The first kappa shape index (κ1) is 11.7. The van der Waals surface area contributed by atoms with Crippen LogP contribution in [-0.2, 0) is 0 Å². The van der Waals surface area contributed by atoms with E-state index in [4.69, 9.17) is 0 Å². The van der Waals surface area contributed by atoms with Gasteiger partial charge in [-0.3, -0.25) is 4.79 Å². The summed E-state index contributed by atoms with van der Waals surface area (Å²) >= 11 is 0. The third-order valence-corrected chi connectivity index (χ3v) is 3.22. The van der Waals surface area contributed by atoms with Crippen molar-refractivity contribution < 1.29 is 4.79 Å². The zero-order chi connectivity index (χ0) is 13.1. The molecule has 2 N–H and O–H groups in total. The van der Waals surface area contributed by atoms with Crippen LogP contribution >= 0.6 is 0 Å². The normalized spacial score (nSPS) is 14.6. The molecular formula is C13H15N5O. The highest BCUT2D eigenvalue weighted by molar-refractivity contribution is 6.02. The monoisotopic (exact) mass is 257 g/mol. The van der Waals surface area contributed by atoms with E-state index in [1.54, 1.807) is 0 Å². The standard InChI is InChI=1S/C13H15N5O/c19-13(12-9-14-17-16-12)15-10-4-3-5-11(8-10)18-6-1-2-7-18/h3-5,8-9H,1-2,6-7H2,(H,15,19)(H,14,16,17). The van der Waals surface area contributed by atoms with Crippen molar-refractivity contribution in [2.24, 2.45) is 0 Å². The summed E-state index contributed by atoms with van der Waals surface area (Å²) in [6, 6.07) is 7.88. The average molecular weight is 257 g/mol. The SMILES string of the molecule is O=C(Nc1cccc(N2CCCC2)c1)c1cn[nH]n1. The third kappa shape index (κ3) is 2.57. The molecule has 1 aliphatic heterocycles. The Morgan fingerprint density at radius 2 is 2.16 bits per heavy atom. The lowest BCUT2D eigenvalue weighted by atomic mass is 10.2. The van der Waals surface area contributed by atoms with Gasteiger partial charge in [-0.15, -0.1) is 0 Å². The summed E-state index contributed by atoms with van der Waals surface area (Å²) in [6.07, 6.45) is 3.87. The van der Waals surface area contributed by atoms with Crippen molar-refractivity contribution in [3.8, 4) is 0 Å². The fourth-order valence-corrected chi connectivity index (χ4v) is 2.26. The van der Waals surface area contributed by atoms with Crippen LogP contribution in [0.15, 0.2) is 30.5 Å². The van der Waals surface area contributed by atoms with Gasteiger partial charge in [0.25, 0.3) is 5.91 Å². The number of carbonyl (C=O) groups is 1. The van der Waals surface area contributed by atoms with Gasteiger partial charge in [-0.05, 0) is 31.0 Å². The lowest BCUT2D eigenvalue weighted by Gasteiger charge is -2.18. The molecule has 1 fully saturated rings. The van der Waals surface area contributed by atoms with E-state index in [0.29, 0.717) is 0 Å². The Morgan fingerprint density at radius 1 is 1.32 bits per heavy atom. The largest absolute Gasteiger partial charge is 0.371 e. The number of nitrogens with one attached hydrogen (secondary N) is 2. The number of aromatic nitrogens is 3. The molecule has 19 heavy (non-hydrogen) atoms. The summed E-state index contributed by atoms with van der Waals surface area (Å²) in [5, 5.41) is 12.6. The van der Waals surface area contributed by atoms with Crippen LogP contribution in [0.1, 0.15) is 23.3 Å². The van der Waals surface area contributed by atoms with Crippen LogP contribution in [0.5, 0.6) is 0 Å². The van der Waals surface area contributed by atoms with E-state index in [9.17, 15) is 4.79 Å². The van der Waals surface area contributed by atoms with Crippen LogP contribution < -0.4 is 10.2 Å². The van der Waals surface area contributed by atoms with Gasteiger partial charge in [0.2, 0.25) is 0 Å². The van der Waals surface area contributed by atoms with Crippen molar-refractivity contribution in [2.45, 2.75) is 12.8 Å². The predicted molar refractivity (Wildman–Crippen MR) is 72.2 cm³/mol. The van der Waals surface area contributed by atoms with Crippen LogP contribution in [0.3, 0.4) is 0 Å². The Morgan fingerprint density at radius 3 is 2.89 bits per heavy atom. The molecular weight excluding hydrogens is 242 g/mol. The Bertz CT molecular complexity index is 560. The van der Waals surface area contributed by atoms with E-state index in [-0.39, 0.29) is 11.6 Å². The van der Waals surface area contributed by atoms with Crippen molar-refractivity contribution >= 4 is 17.3 Å². The van der Waals surface area contributed by atoms with Crippen LogP contribution in [0.4, 0.5) is 11.4 Å². The lowest BCUT2D eigenvalue weighted by Crippen LogP contribution is -2.18. The second-order valence-electron chi connectivity index (χ2n) is 4.55. The maximum atomic E-state index is 11.9. The zero-order valence-electron chi connectivity index (χ0n) is 10.5. The van der Waals surface area contributed by atoms with Gasteiger partial charge in [-0.25, -0.2) is 0 Å².